The van der Waals surface area contributed by atoms with Crippen LogP contribution in [-0.2, 0) is 6.42 Å². The first kappa shape index (κ1) is 7.56. The van der Waals surface area contributed by atoms with Gasteiger partial charge in [-0.1, -0.05) is 0 Å². The Bertz CT molecular complexity index is 325. The van der Waals surface area contributed by atoms with E-state index in [0.29, 0.717) is 5.92 Å². The number of nitrogens with one attached hydrogen (secondary N) is 1. The number of aromatic amines is 1. The number of hydrogen-bond donors (Lipinski definition) is 2. The fourth-order valence-corrected chi connectivity index (χ4v) is 2.42. The lowest BCUT2D eigenvalue weighted by molar-refractivity contribution is 0.671. The predicted molar refractivity (Wildman–Crippen MR) is 50.7 cm³/mol. The molecule has 3 N–H and O–H groups in total. The Morgan fingerprint density at radius 2 is 2.23 bits per heavy atom. The van der Waals surface area contributed by atoms with Gasteiger partial charge in [-0.3, -0.25) is 5.10 Å². The minimum Gasteiger partial charge on any atom is -0.330 e. The van der Waals surface area contributed by atoms with E-state index in [1.807, 2.05) is 0 Å². The first-order valence-electron chi connectivity index (χ1n) is 5.17. The Hall–Kier alpha value is -0.830. The van der Waals surface area contributed by atoms with E-state index in [0.717, 1.165) is 18.9 Å². The second-order valence-electron chi connectivity index (χ2n) is 4.25. The van der Waals surface area contributed by atoms with Crippen LogP contribution < -0.4 is 5.73 Å². The maximum atomic E-state index is 5.76. The average Bonchev–Trinajstić information content (AvgIpc) is 2.78. The fourth-order valence-electron chi connectivity index (χ4n) is 2.42. The highest BCUT2D eigenvalue weighted by molar-refractivity contribution is 5.37. The van der Waals surface area contributed by atoms with Crippen LogP contribution in [0, 0.1) is 0 Å². The summed E-state index contributed by atoms with van der Waals surface area (Å²) in [5.74, 6) is 1.34. The third-order valence-electron chi connectivity index (χ3n) is 3.31. The molecule has 1 fully saturated rings. The Kier molecular flexibility index (Phi) is 1.50. The molecule has 1 unspecified atom stereocenters. The monoisotopic (exact) mass is 177 g/mol. The molecule has 0 radical (unpaired) electrons. The summed E-state index contributed by atoms with van der Waals surface area (Å²) in [6.07, 6.45) is 5.03. The quantitative estimate of drug-likeness (QED) is 0.715. The van der Waals surface area contributed by atoms with E-state index in [9.17, 15) is 0 Å². The zero-order chi connectivity index (χ0) is 8.84. The first-order valence-corrected chi connectivity index (χ1v) is 5.17. The lowest BCUT2D eigenvalue weighted by atomic mass is 10.00. The minimum absolute atomic E-state index is 0.587. The summed E-state index contributed by atoms with van der Waals surface area (Å²) in [4.78, 5) is 0. The molecule has 2 aliphatic rings. The third-order valence-corrected chi connectivity index (χ3v) is 3.31. The summed E-state index contributed by atoms with van der Waals surface area (Å²) in [7, 11) is 0. The van der Waals surface area contributed by atoms with Crippen LogP contribution in [0.15, 0.2) is 0 Å². The molecular formula is C10H15N3. The minimum atomic E-state index is 0.587. The number of rotatable bonds is 2. The van der Waals surface area contributed by atoms with Gasteiger partial charge in [0, 0.05) is 23.1 Å². The van der Waals surface area contributed by atoms with Crippen molar-refractivity contribution in [2.24, 2.45) is 5.73 Å². The van der Waals surface area contributed by atoms with E-state index in [-0.39, 0.29) is 0 Å². The zero-order valence-corrected chi connectivity index (χ0v) is 7.71. The van der Waals surface area contributed by atoms with Gasteiger partial charge in [0.05, 0.1) is 5.69 Å². The molecule has 0 spiro atoms. The van der Waals surface area contributed by atoms with Crippen LogP contribution in [0.3, 0.4) is 0 Å². The van der Waals surface area contributed by atoms with Crippen molar-refractivity contribution >= 4 is 0 Å². The summed E-state index contributed by atoms with van der Waals surface area (Å²) in [5.41, 5.74) is 9.93. The maximum absolute atomic E-state index is 5.76. The second-order valence-corrected chi connectivity index (χ2v) is 4.25. The van der Waals surface area contributed by atoms with Gasteiger partial charge in [-0.2, -0.15) is 5.10 Å². The molecule has 0 aromatic carbocycles. The molecule has 0 saturated heterocycles. The number of aryl methyl sites for hydroxylation is 1. The summed E-state index contributed by atoms with van der Waals surface area (Å²) in [5, 5.41) is 7.58. The number of nitrogens with zero attached hydrogens (tertiary/aromatic N) is 1. The Morgan fingerprint density at radius 1 is 1.38 bits per heavy atom. The molecular weight excluding hydrogens is 162 g/mol. The Balaban J connectivity index is 2.03. The van der Waals surface area contributed by atoms with Crippen molar-refractivity contribution in [3.8, 4) is 0 Å². The van der Waals surface area contributed by atoms with E-state index in [4.69, 9.17) is 5.73 Å². The molecule has 1 aromatic rings. The smallest absolute Gasteiger partial charge is 0.0691 e. The van der Waals surface area contributed by atoms with Crippen molar-refractivity contribution in [2.75, 3.05) is 6.54 Å². The molecule has 0 aliphatic heterocycles. The van der Waals surface area contributed by atoms with Crippen LogP contribution in [0.4, 0.5) is 0 Å². The predicted octanol–water partition coefficient (Wildman–Crippen LogP) is 1.28. The molecule has 3 rings (SSSR count). The van der Waals surface area contributed by atoms with E-state index in [1.54, 1.807) is 0 Å². The van der Waals surface area contributed by atoms with E-state index in [2.05, 4.69) is 10.2 Å². The number of fused-ring (bicyclic) bond motifs is 1. The number of nitrogens with two attached hydrogens (primary N) is 1. The average molecular weight is 177 g/mol. The SMILES string of the molecule is NCC1CCc2[nH]nc(C3CC3)c21. The Morgan fingerprint density at radius 3 is 2.92 bits per heavy atom. The molecule has 70 valence electrons. The number of aromatic nitrogens is 2. The van der Waals surface area contributed by atoms with Gasteiger partial charge in [-0.15, -0.1) is 0 Å². The normalized spacial score (nSPS) is 26.4. The van der Waals surface area contributed by atoms with E-state index >= 15 is 0 Å². The van der Waals surface area contributed by atoms with Crippen molar-refractivity contribution in [1.29, 1.82) is 0 Å². The van der Waals surface area contributed by atoms with Crippen molar-refractivity contribution < 1.29 is 0 Å². The molecule has 3 heteroatoms. The molecule has 1 aromatic heterocycles. The second kappa shape index (κ2) is 2.58. The molecule has 1 saturated carbocycles. The van der Waals surface area contributed by atoms with Crippen LogP contribution in [0.5, 0.6) is 0 Å². The van der Waals surface area contributed by atoms with Gasteiger partial charge >= 0.3 is 0 Å². The van der Waals surface area contributed by atoms with Gasteiger partial charge in [0.1, 0.15) is 0 Å². The lowest BCUT2D eigenvalue weighted by Crippen LogP contribution is -2.10. The van der Waals surface area contributed by atoms with Gasteiger partial charge in [0.15, 0.2) is 0 Å². The third kappa shape index (κ3) is 1.03. The summed E-state index contributed by atoms with van der Waals surface area (Å²) < 4.78 is 0. The van der Waals surface area contributed by atoms with Crippen molar-refractivity contribution in [1.82, 2.24) is 10.2 Å². The van der Waals surface area contributed by atoms with Gasteiger partial charge < -0.3 is 5.73 Å². The van der Waals surface area contributed by atoms with Crippen molar-refractivity contribution in [3.05, 3.63) is 17.0 Å². The molecule has 1 atom stereocenters. The molecule has 0 bridgehead atoms. The summed E-state index contributed by atoms with van der Waals surface area (Å²) in [6, 6.07) is 0. The molecule has 13 heavy (non-hydrogen) atoms. The standard InChI is InChI=1S/C10H15N3/c11-5-7-3-4-8-9(7)10(13-12-8)6-1-2-6/h6-7H,1-5,11H2,(H,12,13). The largest absolute Gasteiger partial charge is 0.330 e. The summed E-state index contributed by atoms with van der Waals surface area (Å²) >= 11 is 0. The fraction of sp³-hybridized carbons (Fsp3) is 0.700. The highest BCUT2D eigenvalue weighted by atomic mass is 15.1. The lowest BCUT2D eigenvalue weighted by Gasteiger charge is -2.07. The highest BCUT2D eigenvalue weighted by Gasteiger charge is 2.35. The maximum Gasteiger partial charge on any atom is 0.0691 e. The first-order chi connectivity index (χ1) is 6.40. The highest BCUT2D eigenvalue weighted by Crippen LogP contribution is 2.45. The number of hydrogen-bond acceptors (Lipinski definition) is 2. The van der Waals surface area contributed by atoms with Gasteiger partial charge in [-0.05, 0) is 32.2 Å². The molecule has 1 heterocycles. The van der Waals surface area contributed by atoms with E-state index < -0.39 is 0 Å². The van der Waals surface area contributed by atoms with Gasteiger partial charge in [0.25, 0.3) is 0 Å². The summed E-state index contributed by atoms with van der Waals surface area (Å²) in [6.45, 7) is 0.784. The van der Waals surface area contributed by atoms with Crippen LogP contribution in [0.25, 0.3) is 0 Å². The van der Waals surface area contributed by atoms with Crippen LogP contribution in [-0.4, -0.2) is 16.7 Å². The molecule has 3 nitrogen and oxygen atoms in total. The van der Waals surface area contributed by atoms with Crippen LogP contribution in [0.2, 0.25) is 0 Å². The van der Waals surface area contributed by atoms with Crippen LogP contribution in [0.1, 0.15) is 48.0 Å². The topological polar surface area (TPSA) is 54.7 Å². The molecule has 2 aliphatic carbocycles. The van der Waals surface area contributed by atoms with Gasteiger partial charge in [0.2, 0.25) is 0 Å². The number of H-pyrrole nitrogens is 1. The van der Waals surface area contributed by atoms with E-state index in [1.165, 1.54) is 36.2 Å². The Labute approximate surface area is 77.7 Å². The zero-order valence-electron chi connectivity index (χ0n) is 7.71. The van der Waals surface area contributed by atoms with Crippen molar-refractivity contribution in [2.45, 2.75) is 37.5 Å². The van der Waals surface area contributed by atoms with Crippen molar-refractivity contribution in [3.63, 3.8) is 0 Å². The molecule has 0 amide bonds. The van der Waals surface area contributed by atoms with Gasteiger partial charge in [-0.25, -0.2) is 0 Å². The van der Waals surface area contributed by atoms with Crippen LogP contribution >= 0.6 is 0 Å².